The van der Waals surface area contributed by atoms with E-state index in [1.54, 1.807) is 7.11 Å². The number of esters is 1. The van der Waals surface area contributed by atoms with Crippen molar-refractivity contribution in [3.05, 3.63) is 47.7 Å². The van der Waals surface area contributed by atoms with E-state index >= 15 is 0 Å². The first-order chi connectivity index (χ1) is 10.7. The summed E-state index contributed by atoms with van der Waals surface area (Å²) in [6.07, 6.45) is 4.60. The first-order valence-electron chi connectivity index (χ1n) is 7.83. The topological polar surface area (TPSA) is 44.8 Å². The maximum absolute atomic E-state index is 11.7. The van der Waals surface area contributed by atoms with Crippen molar-refractivity contribution in [2.45, 2.75) is 51.4 Å². The van der Waals surface area contributed by atoms with Crippen molar-refractivity contribution in [3.8, 4) is 0 Å². The van der Waals surface area contributed by atoms with Crippen LogP contribution >= 0.6 is 0 Å². The SMILES string of the molecule is CCCCC(OCc1ccccc1)C1CC(OC)=CC(=O)O1. The maximum Gasteiger partial charge on any atom is 0.334 e. The monoisotopic (exact) mass is 304 g/mol. The van der Waals surface area contributed by atoms with E-state index in [0.717, 1.165) is 24.8 Å². The van der Waals surface area contributed by atoms with E-state index in [0.29, 0.717) is 18.8 Å². The fourth-order valence-corrected chi connectivity index (χ4v) is 2.52. The third kappa shape index (κ3) is 4.88. The highest BCUT2D eigenvalue weighted by molar-refractivity contribution is 5.83. The molecule has 1 aromatic carbocycles. The summed E-state index contributed by atoms with van der Waals surface area (Å²) in [6.45, 7) is 2.66. The van der Waals surface area contributed by atoms with Gasteiger partial charge in [-0.15, -0.1) is 0 Å². The predicted octanol–water partition coefficient (Wildman–Crippen LogP) is 3.61. The fourth-order valence-electron chi connectivity index (χ4n) is 2.52. The average molecular weight is 304 g/mol. The minimum Gasteiger partial charge on any atom is -0.501 e. The first-order valence-corrected chi connectivity index (χ1v) is 7.83. The summed E-state index contributed by atoms with van der Waals surface area (Å²) in [6, 6.07) is 10.0. The van der Waals surface area contributed by atoms with E-state index in [4.69, 9.17) is 14.2 Å². The smallest absolute Gasteiger partial charge is 0.334 e. The Balaban J connectivity index is 1.99. The number of unbranched alkanes of at least 4 members (excludes halogenated alkanes) is 1. The Bertz CT molecular complexity index is 495. The van der Waals surface area contributed by atoms with Crippen LogP contribution in [0.2, 0.25) is 0 Å². The predicted molar refractivity (Wildman–Crippen MR) is 84.1 cm³/mol. The van der Waals surface area contributed by atoms with Crippen LogP contribution in [0.3, 0.4) is 0 Å². The summed E-state index contributed by atoms with van der Waals surface area (Å²) in [5, 5.41) is 0. The van der Waals surface area contributed by atoms with E-state index in [2.05, 4.69) is 6.92 Å². The molecule has 0 aromatic heterocycles. The number of cyclic esters (lactones) is 1. The van der Waals surface area contributed by atoms with E-state index < -0.39 is 0 Å². The molecule has 0 amide bonds. The Morgan fingerprint density at radius 2 is 2.09 bits per heavy atom. The van der Waals surface area contributed by atoms with Gasteiger partial charge in [0.25, 0.3) is 0 Å². The van der Waals surface area contributed by atoms with E-state index in [1.165, 1.54) is 6.08 Å². The number of carbonyl (C=O) groups is 1. The molecule has 4 heteroatoms. The fraction of sp³-hybridized carbons (Fsp3) is 0.500. The Kier molecular flexibility index (Phi) is 6.46. The van der Waals surface area contributed by atoms with Gasteiger partial charge in [-0.25, -0.2) is 4.79 Å². The molecule has 2 rings (SSSR count). The highest BCUT2D eigenvalue weighted by Crippen LogP contribution is 2.24. The van der Waals surface area contributed by atoms with Crippen molar-refractivity contribution in [3.63, 3.8) is 0 Å². The molecule has 1 heterocycles. The number of rotatable bonds is 8. The largest absolute Gasteiger partial charge is 0.501 e. The van der Waals surface area contributed by atoms with Crippen LogP contribution in [0.25, 0.3) is 0 Å². The Morgan fingerprint density at radius 3 is 2.77 bits per heavy atom. The molecule has 1 aromatic rings. The molecule has 2 unspecified atom stereocenters. The van der Waals surface area contributed by atoms with Gasteiger partial charge in [-0.1, -0.05) is 50.1 Å². The summed E-state index contributed by atoms with van der Waals surface area (Å²) in [7, 11) is 1.58. The van der Waals surface area contributed by atoms with Crippen LogP contribution < -0.4 is 0 Å². The lowest BCUT2D eigenvalue weighted by Gasteiger charge is -2.29. The number of hydrogen-bond acceptors (Lipinski definition) is 4. The van der Waals surface area contributed by atoms with Crippen LogP contribution in [-0.2, 0) is 25.6 Å². The molecule has 4 nitrogen and oxygen atoms in total. The standard InChI is InChI=1S/C18H24O4/c1-3-4-10-16(21-13-14-8-6-5-7-9-14)17-11-15(20-2)12-18(19)22-17/h5-9,12,16-17H,3-4,10-11,13H2,1-2H3. The van der Waals surface area contributed by atoms with Gasteiger partial charge < -0.3 is 14.2 Å². The quantitative estimate of drug-likeness (QED) is 0.688. The van der Waals surface area contributed by atoms with E-state index in [-0.39, 0.29) is 18.2 Å². The van der Waals surface area contributed by atoms with Crippen molar-refractivity contribution in [1.82, 2.24) is 0 Å². The molecule has 0 bridgehead atoms. The highest BCUT2D eigenvalue weighted by Gasteiger charge is 2.30. The van der Waals surface area contributed by atoms with Gasteiger partial charge in [0.2, 0.25) is 0 Å². The van der Waals surface area contributed by atoms with Gasteiger partial charge >= 0.3 is 5.97 Å². The molecule has 22 heavy (non-hydrogen) atoms. The second kappa shape index (κ2) is 8.59. The lowest BCUT2D eigenvalue weighted by atomic mass is 10.0. The molecule has 0 aliphatic carbocycles. The van der Waals surface area contributed by atoms with Crippen LogP contribution in [0.1, 0.15) is 38.2 Å². The molecule has 0 fully saturated rings. The highest BCUT2D eigenvalue weighted by atomic mass is 16.6. The number of hydrogen-bond donors (Lipinski definition) is 0. The Morgan fingerprint density at radius 1 is 1.32 bits per heavy atom. The molecule has 120 valence electrons. The number of ether oxygens (including phenoxy) is 3. The summed E-state index contributed by atoms with van der Waals surface area (Å²) in [4.78, 5) is 11.7. The number of methoxy groups -OCH3 is 1. The van der Waals surface area contributed by atoms with E-state index in [1.807, 2.05) is 30.3 Å². The molecule has 0 radical (unpaired) electrons. The average Bonchev–Trinajstić information content (AvgIpc) is 2.55. The third-order valence-electron chi connectivity index (χ3n) is 3.77. The van der Waals surface area contributed by atoms with Gasteiger partial charge in [0.15, 0.2) is 0 Å². The minimum atomic E-state index is -0.349. The van der Waals surface area contributed by atoms with Crippen LogP contribution in [0, 0.1) is 0 Å². The summed E-state index contributed by atoms with van der Waals surface area (Å²) < 4.78 is 16.7. The van der Waals surface area contributed by atoms with Crippen molar-refractivity contribution < 1.29 is 19.0 Å². The van der Waals surface area contributed by atoms with Crippen LogP contribution in [0.15, 0.2) is 42.2 Å². The zero-order valence-corrected chi connectivity index (χ0v) is 13.3. The zero-order chi connectivity index (χ0) is 15.8. The van der Waals surface area contributed by atoms with Gasteiger partial charge in [-0.3, -0.25) is 0 Å². The molecule has 0 saturated heterocycles. The molecule has 2 atom stereocenters. The van der Waals surface area contributed by atoms with Crippen molar-refractivity contribution in [2.24, 2.45) is 0 Å². The van der Waals surface area contributed by atoms with Gasteiger partial charge in [0, 0.05) is 6.42 Å². The van der Waals surface area contributed by atoms with Crippen molar-refractivity contribution in [1.29, 1.82) is 0 Å². The van der Waals surface area contributed by atoms with E-state index in [9.17, 15) is 4.79 Å². The Labute approximate surface area is 132 Å². The van der Waals surface area contributed by atoms with Crippen LogP contribution in [0.4, 0.5) is 0 Å². The molecule has 0 N–H and O–H groups in total. The minimum absolute atomic E-state index is 0.108. The van der Waals surface area contributed by atoms with Crippen LogP contribution in [0.5, 0.6) is 0 Å². The van der Waals surface area contributed by atoms with Gasteiger partial charge in [-0.05, 0) is 12.0 Å². The second-order valence-corrected chi connectivity index (χ2v) is 5.47. The second-order valence-electron chi connectivity index (χ2n) is 5.47. The van der Waals surface area contributed by atoms with Gasteiger partial charge in [0.1, 0.15) is 11.9 Å². The van der Waals surface area contributed by atoms with Crippen molar-refractivity contribution >= 4 is 5.97 Å². The van der Waals surface area contributed by atoms with Crippen molar-refractivity contribution in [2.75, 3.05) is 7.11 Å². The molecular formula is C18H24O4. The molecule has 0 saturated carbocycles. The number of carbonyl (C=O) groups excluding carboxylic acids is 1. The summed E-state index contributed by atoms with van der Waals surface area (Å²) in [5.41, 5.74) is 1.12. The third-order valence-corrected chi connectivity index (χ3v) is 3.77. The normalized spacial score (nSPS) is 19.3. The summed E-state index contributed by atoms with van der Waals surface area (Å²) in [5.74, 6) is 0.309. The Hall–Kier alpha value is -1.81. The molecular weight excluding hydrogens is 280 g/mol. The van der Waals surface area contributed by atoms with Gasteiger partial charge in [0.05, 0.1) is 25.9 Å². The van der Waals surface area contributed by atoms with Gasteiger partial charge in [-0.2, -0.15) is 0 Å². The number of benzene rings is 1. The summed E-state index contributed by atoms with van der Waals surface area (Å²) >= 11 is 0. The molecule has 0 spiro atoms. The molecule has 1 aliphatic heterocycles. The lowest BCUT2D eigenvalue weighted by Crippen LogP contribution is -2.36. The zero-order valence-electron chi connectivity index (χ0n) is 13.3. The maximum atomic E-state index is 11.7. The van der Waals surface area contributed by atoms with Crippen LogP contribution in [-0.4, -0.2) is 25.3 Å². The lowest BCUT2D eigenvalue weighted by molar-refractivity contribution is -0.156. The first kappa shape index (κ1) is 16.6. The molecule has 1 aliphatic rings.